The molecule has 0 spiro atoms. The first-order valence-corrected chi connectivity index (χ1v) is 10.9. The summed E-state index contributed by atoms with van der Waals surface area (Å²) in [4.78, 5) is 4.78. The molecule has 3 aliphatic rings. The van der Waals surface area contributed by atoms with Crippen LogP contribution < -0.4 is 5.32 Å². The number of ether oxygens (including phenoxy) is 1. The van der Waals surface area contributed by atoms with E-state index < -0.39 is 0 Å². The molecule has 2 aromatic rings. The summed E-state index contributed by atoms with van der Waals surface area (Å²) in [6.07, 6.45) is 6.63. The Morgan fingerprint density at radius 3 is 2.53 bits per heavy atom. The monoisotopic (exact) mass is 439 g/mol. The molecule has 6 heteroatoms. The standard InChI is InChI=1S/C24H23Cl2N3O/c25-19-8-5-17(6-9-19)24-22(16-28-11-13-30-14-12-28)29-15-18(7-10-23(29)27-24)20-3-1-2-4-21(20)26/h1-10,15,23,27H,11-14,16H2. The van der Waals surface area contributed by atoms with E-state index in [-0.39, 0.29) is 6.17 Å². The fraction of sp³-hybridized carbons (Fsp3) is 0.250. The maximum absolute atomic E-state index is 6.48. The van der Waals surface area contributed by atoms with E-state index in [0.29, 0.717) is 0 Å². The third kappa shape index (κ3) is 3.88. The number of nitrogens with zero attached hydrogens (tertiary/aromatic N) is 2. The van der Waals surface area contributed by atoms with Crippen LogP contribution >= 0.6 is 23.2 Å². The molecule has 5 rings (SSSR count). The molecule has 0 amide bonds. The van der Waals surface area contributed by atoms with Gasteiger partial charge in [0, 0.05) is 41.4 Å². The molecule has 4 nitrogen and oxygen atoms in total. The van der Waals surface area contributed by atoms with E-state index in [1.54, 1.807) is 0 Å². The largest absolute Gasteiger partial charge is 0.379 e. The van der Waals surface area contributed by atoms with Crippen molar-refractivity contribution in [1.82, 2.24) is 15.1 Å². The highest BCUT2D eigenvalue weighted by Gasteiger charge is 2.32. The van der Waals surface area contributed by atoms with Crippen molar-refractivity contribution in [2.75, 3.05) is 32.8 Å². The van der Waals surface area contributed by atoms with Crippen molar-refractivity contribution in [3.8, 4) is 0 Å². The van der Waals surface area contributed by atoms with Gasteiger partial charge in [0.05, 0.1) is 24.6 Å². The lowest BCUT2D eigenvalue weighted by molar-refractivity contribution is 0.0401. The van der Waals surface area contributed by atoms with Gasteiger partial charge < -0.3 is 15.0 Å². The van der Waals surface area contributed by atoms with Crippen molar-refractivity contribution in [2.24, 2.45) is 0 Å². The Hall–Kier alpha value is -2.24. The van der Waals surface area contributed by atoms with E-state index >= 15 is 0 Å². The van der Waals surface area contributed by atoms with Crippen molar-refractivity contribution in [1.29, 1.82) is 0 Å². The molecule has 0 saturated carbocycles. The molecule has 154 valence electrons. The number of hydrogen-bond donors (Lipinski definition) is 1. The third-order valence-electron chi connectivity index (χ3n) is 5.72. The molecule has 0 radical (unpaired) electrons. The van der Waals surface area contributed by atoms with Gasteiger partial charge in [-0.3, -0.25) is 4.90 Å². The summed E-state index contributed by atoms with van der Waals surface area (Å²) >= 11 is 12.6. The Balaban J connectivity index is 1.54. The van der Waals surface area contributed by atoms with Gasteiger partial charge in [0.15, 0.2) is 0 Å². The second-order valence-electron chi connectivity index (χ2n) is 7.64. The number of hydrogen-bond acceptors (Lipinski definition) is 4. The zero-order valence-corrected chi connectivity index (χ0v) is 18.0. The zero-order chi connectivity index (χ0) is 20.5. The molecule has 30 heavy (non-hydrogen) atoms. The molecular weight excluding hydrogens is 417 g/mol. The SMILES string of the molecule is Clc1ccc(C2=C(CN3CCOCC3)N3C=C(c4ccccc4Cl)C=CC3N2)cc1. The summed E-state index contributed by atoms with van der Waals surface area (Å²) in [6, 6.07) is 16.0. The van der Waals surface area contributed by atoms with Gasteiger partial charge in [-0.15, -0.1) is 0 Å². The molecule has 2 aromatic carbocycles. The predicted octanol–water partition coefficient (Wildman–Crippen LogP) is 4.84. The predicted molar refractivity (Wildman–Crippen MR) is 123 cm³/mol. The minimum atomic E-state index is 0.0814. The van der Waals surface area contributed by atoms with Crippen LogP contribution in [0.5, 0.6) is 0 Å². The minimum Gasteiger partial charge on any atom is -0.379 e. The van der Waals surface area contributed by atoms with Gasteiger partial charge >= 0.3 is 0 Å². The molecular formula is C24H23Cl2N3O. The summed E-state index contributed by atoms with van der Waals surface area (Å²) in [5, 5.41) is 5.20. The lowest BCUT2D eigenvalue weighted by atomic mass is 10.0. The molecule has 1 saturated heterocycles. The van der Waals surface area contributed by atoms with Gasteiger partial charge in [0.1, 0.15) is 6.17 Å². The topological polar surface area (TPSA) is 27.7 Å². The normalized spacial score (nSPS) is 21.5. The number of benzene rings is 2. The van der Waals surface area contributed by atoms with E-state index in [1.807, 2.05) is 30.3 Å². The Labute approximate surface area is 187 Å². The third-order valence-corrected chi connectivity index (χ3v) is 6.30. The van der Waals surface area contributed by atoms with E-state index in [0.717, 1.165) is 65.3 Å². The van der Waals surface area contributed by atoms with E-state index in [9.17, 15) is 0 Å². The number of halogens is 2. The highest BCUT2D eigenvalue weighted by molar-refractivity contribution is 6.32. The number of fused-ring (bicyclic) bond motifs is 1. The van der Waals surface area contributed by atoms with Gasteiger partial charge in [0.2, 0.25) is 0 Å². The van der Waals surface area contributed by atoms with Crippen LogP contribution in [0.3, 0.4) is 0 Å². The smallest absolute Gasteiger partial charge is 0.123 e. The number of allylic oxidation sites excluding steroid dienone is 2. The van der Waals surface area contributed by atoms with E-state index in [4.69, 9.17) is 27.9 Å². The molecule has 1 N–H and O–H groups in total. The molecule has 0 aromatic heterocycles. The van der Waals surface area contributed by atoms with Crippen LogP contribution in [0.25, 0.3) is 11.3 Å². The summed E-state index contributed by atoms with van der Waals surface area (Å²) in [6.45, 7) is 4.28. The van der Waals surface area contributed by atoms with Crippen molar-refractivity contribution < 1.29 is 4.74 Å². The second kappa shape index (κ2) is 8.48. The van der Waals surface area contributed by atoms with Gasteiger partial charge in [-0.25, -0.2) is 0 Å². The maximum atomic E-state index is 6.48. The van der Waals surface area contributed by atoms with Crippen LogP contribution in [-0.2, 0) is 4.74 Å². The van der Waals surface area contributed by atoms with Crippen LogP contribution in [0.1, 0.15) is 11.1 Å². The van der Waals surface area contributed by atoms with Crippen LogP contribution in [0.2, 0.25) is 10.0 Å². The maximum Gasteiger partial charge on any atom is 0.123 e. The summed E-state index contributed by atoms with van der Waals surface area (Å²) in [5.41, 5.74) is 5.68. The van der Waals surface area contributed by atoms with E-state index in [1.165, 1.54) is 5.70 Å². The van der Waals surface area contributed by atoms with Gasteiger partial charge in [-0.05, 0) is 35.4 Å². The lowest BCUT2D eigenvalue weighted by Gasteiger charge is -2.32. The zero-order valence-electron chi connectivity index (χ0n) is 16.5. The van der Waals surface area contributed by atoms with Crippen molar-refractivity contribution in [3.05, 3.63) is 93.8 Å². The fourth-order valence-corrected chi connectivity index (χ4v) is 4.51. The van der Waals surface area contributed by atoms with Crippen LogP contribution in [-0.4, -0.2) is 48.8 Å². The fourth-order valence-electron chi connectivity index (χ4n) is 4.14. The van der Waals surface area contributed by atoms with Gasteiger partial charge in [-0.2, -0.15) is 0 Å². The van der Waals surface area contributed by atoms with Crippen LogP contribution in [0, 0.1) is 0 Å². The van der Waals surface area contributed by atoms with E-state index in [2.05, 4.69) is 51.7 Å². The first-order valence-electron chi connectivity index (χ1n) is 10.2. The molecule has 1 atom stereocenters. The van der Waals surface area contributed by atoms with Crippen molar-refractivity contribution >= 4 is 34.5 Å². The molecule has 1 fully saturated rings. The summed E-state index contributed by atoms with van der Waals surface area (Å²) in [7, 11) is 0. The number of morpholine rings is 1. The van der Waals surface area contributed by atoms with Crippen LogP contribution in [0.4, 0.5) is 0 Å². The van der Waals surface area contributed by atoms with Crippen LogP contribution in [0.15, 0.2) is 72.6 Å². The Morgan fingerprint density at radius 2 is 1.77 bits per heavy atom. The average molecular weight is 440 g/mol. The second-order valence-corrected chi connectivity index (χ2v) is 8.48. The molecule has 3 aliphatic heterocycles. The van der Waals surface area contributed by atoms with Gasteiger partial charge in [0.25, 0.3) is 0 Å². The lowest BCUT2D eigenvalue weighted by Crippen LogP contribution is -2.40. The molecule has 1 unspecified atom stereocenters. The number of rotatable bonds is 4. The molecule has 0 aliphatic carbocycles. The minimum absolute atomic E-state index is 0.0814. The van der Waals surface area contributed by atoms with Crippen molar-refractivity contribution in [2.45, 2.75) is 6.17 Å². The Morgan fingerprint density at radius 1 is 1.00 bits per heavy atom. The average Bonchev–Trinajstić information content (AvgIpc) is 3.13. The molecule has 0 bridgehead atoms. The highest BCUT2D eigenvalue weighted by Crippen LogP contribution is 2.35. The Bertz CT molecular complexity index is 1020. The first kappa shape index (κ1) is 19.7. The summed E-state index contributed by atoms with van der Waals surface area (Å²) < 4.78 is 5.54. The highest BCUT2D eigenvalue weighted by atomic mass is 35.5. The molecule has 3 heterocycles. The van der Waals surface area contributed by atoms with Crippen molar-refractivity contribution in [3.63, 3.8) is 0 Å². The number of nitrogens with one attached hydrogen (secondary N) is 1. The first-order chi connectivity index (χ1) is 14.7. The van der Waals surface area contributed by atoms with Gasteiger partial charge in [-0.1, -0.05) is 59.6 Å². The Kier molecular flexibility index (Phi) is 5.57. The quantitative estimate of drug-likeness (QED) is 0.737. The summed E-state index contributed by atoms with van der Waals surface area (Å²) in [5.74, 6) is 0.